The molecule has 15 heavy (non-hydrogen) atoms. The van der Waals surface area contributed by atoms with Gasteiger partial charge in [-0.3, -0.25) is 0 Å². The molecule has 1 aliphatic heterocycles. The lowest BCUT2D eigenvalue weighted by Crippen LogP contribution is -2.37. The summed E-state index contributed by atoms with van der Waals surface area (Å²) >= 11 is 4.96. The van der Waals surface area contributed by atoms with Crippen LogP contribution in [-0.2, 0) is 16.6 Å². The van der Waals surface area contributed by atoms with Crippen molar-refractivity contribution in [3.05, 3.63) is 20.8 Å². The largest absolute Gasteiger partial charge is 0.214 e. The van der Waals surface area contributed by atoms with Gasteiger partial charge in [0, 0.05) is 13.1 Å². The fourth-order valence-electron chi connectivity index (χ4n) is 1.65. The van der Waals surface area contributed by atoms with Crippen LogP contribution in [0.5, 0.6) is 0 Å². The summed E-state index contributed by atoms with van der Waals surface area (Å²) in [6, 6.07) is 1.98. The minimum Gasteiger partial charge on any atom is -0.212 e. The molecule has 2 heterocycles. The predicted molar refractivity (Wildman–Crippen MR) is 65.4 cm³/mol. The van der Waals surface area contributed by atoms with Crippen LogP contribution in [-0.4, -0.2) is 25.0 Å². The van der Waals surface area contributed by atoms with E-state index in [9.17, 15) is 8.42 Å². The summed E-state index contributed by atoms with van der Waals surface area (Å²) in [4.78, 5) is 0. The number of rotatable bonds is 2. The molecule has 0 aromatic carbocycles. The van der Waals surface area contributed by atoms with Crippen LogP contribution in [0.3, 0.4) is 0 Å². The molecule has 6 heteroatoms. The van der Waals surface area contributed by atoms with Crippen molar-refractivity contribution in [3.8, 4) is 0 Å². The normalized spacial score (nSPS) is 21.7. The second kappa shape index (κ2) is 4.53. The SMILES string of the molecule is O=S1(=O)CCCCN1Cc1csc(Br)c1. The highest BCUT2D eigenvalue weighted by Gasteiger charge is 2.25. The van der Waals surface area contributed by atoms with E-state index >= 15 is 0 Å². The van der Waals surface area contributed by atoms with Gasteiger partial charge in [0.1, 0.15) is 0 Å². The average molecular weight is 310 g/mol. The van der Waals surface area contributed by atoms with Gasteiger partial charge in [0.25, 0.3) is 0 Å². The lowest BCUT2D eigenvalue weighted by atomic mass is 10.3. The molecule has 0 saturated carbocycles. The van der Waals surface area contributed by atoms with Gasteiger partial charge in [-0.1, -0.05) is 0 Å². The number of hydrogen-bond donors (Lipinski definition) is 0. The molecule has 0 unspecified atom stereocenters. The zero-order valence-electron chi connectivity index (χ0n) is 8.15. The van der Waals surface area contributed by atoms with E-state index in [2.05, 4.69) is 15.9 Å². The molecule has 1 saturated heterocycles. The zero-order chi connectivity index (χ0) is 10.9. The molecule has 3 nitrogen and oxygen atoms in total. The molecule has 2 rings (SSSR count). The predicted octanol–water partition coefficient (Wildman–Crippen LogP) is 2.44. The van der Waals surface area contributed by atoms with Gasteiger partial charge in [-0.2, -0.15) is 4.31 Å². The van der Waals surface area contributed by atoms with Crippen LogP contribution < -0.4 is 0 Å². The van der Waals surface area contributed by atoms with Crippen LogP contribution in [0, 0.1) is 0 Å². The van der Waals surface area contributed by atoms with Gasteiger partial charge in [0.15, 0.2) is 0 Å². The minimum atomic E-state index is -2.99. The molecule has 0 N–H and O–H groups in total. The molecular formula is C9H12BrNO2S2. The summed E-state index contributed by atoms with van der Waals surface area (Å²) < 4.78 is 26.1. The van der Waals surface area contributed by atoms with E-state index in [0.717, 1.165) is 22.2 Å². The Kier molecular flexibility index (Phi) is 3.49. The van der Waals surface area contributed by atoms with Crippen LogP contribution in [0.1, 0.15) is 18.4 Å². The summed E-state index contributed by atoms with van der Waals surface area (Å²) in [6.07, 6.45) is 1.77. The first kappa shape index (κ1) is 11.6. The van der Waals surface area contributed by atoms with Crippen molar-refractivity contribution < 1.29 is 8.42 Å². The molecule has 1 fully saturated rings. The number of halogens is 1. The Balaban J connectivity index is 2.11. The molecule has 1 aliphatic rings. The Labute approximate surface area is 102 Å². The Hall–Kier alpha value is 0.0900. The second-order valence-electron chi connectivity index (χ2n) is 3.62. The molecular weight excluding hydrogens is 298 g/mol. The highest BCUT2D eigenvalue weighted by atomic mass is 79.9. The zero-order valence-corrected chi connectivity index (χ0v) is 11.4. The third kappa shape index (κ3) is 2.81. The number of thiophene rings is 1. The fraction of sp³-hybridized carbons (Fsp3) is 0.556. The summed E-state index contributed by atoms with van der Waals surface area (Å²) in [6.45, 7) is 1.18. The fourth-order valence-corrected chi connectivity index (χ4v) is 4.43. The van der Waals surface area contributed by atoms with Crippen molar-refractivity contribution in [1.82, 2.24) is 4.31 Å². The smallest absolute Gasteiger partial charge is 0.212 e. The molecule has 0 atom stereocenters. The van der Waals surface area contributed by atoms with E-state index in [4.69, 9.17) is 0 Å². The molecule has 84 valence electrons. The Morgan fingerprint density at radius 3 is 2.87 bits per heavy atom. The van der Waals surface area contributed by atoms with Crippen molar-refractivity contribution in [2.24, 2.45) is 0 Å². The van der Waals surface area contributed by atoms with E-state index in [1.54, 1.807) is 15.6 Å². The van der Waals surface area contributed by atoms with Crippen LogP contribution in [0.15, 0.2) is 15.2 Å². The highest BCUT2D eigenvalue weighted by molar-refractivity contribution is 9.11. The summed E-state index contributed by atoms with van der Waals surface area (Å²) in [5.74, 6) is 0.304. The second-order valence-corrected chi connectivity index (χ2v) is 7.99. The van der Waals surface area contributed by atoms with E-state index in [1.807, 2.05) is 11.4 Å². The van der Waals surface area contributed by atoms with Crippen LogP contribution >= 0.6 is 27.3 Å². The molecule has 0 radical (unpaired) electrons. The minimum absolute atomic E-state index is 0.304. The Morgan fingerprint density at radius 1 is 1.47 bits per heavy atom. The quantitative estimate of drug-likeness (QED) is 0.841. The monoisotopic (exact) mass is 309 g/mol. The van der Waals surface area contributed by atoms with Gasteiger partial charge in [-0.05, 0) is 45.8 Å². The standard InChI is InChI=1S/C9H12BrNO2S2/c10-9-5-8(7-14-9)6-11-3-1-2-4-15(11,12)13/h5,7H,1-4,6H2. The maximum Gasteiger partial charge on any atom is 0.214 e. The lowest BCUT2D eigenvalue weighted by Gasteiger charge is -2.25. The van der Waals surface area contributed by atoms with Crippen molar-refractivity contribution >= 4 is 37.3 Å². The van der Waals surface area contributed by atoms with Gasteiger partial charge in [0.05, 0.1) is 9.54 Å². The molecule has 1 aromatic heterocycles. The molecule has 0 spiro atoms. The third-order valence-electron chi connectivity index (χ3n) is 2.43. The van der Waals surface area contributed by atoms with Gasteiger partial charge in [-0.15, -0.1) is 11.3 Å². The van der Waals surface area contributed by atoms with E-state index in [1.165, 1.54) is 0 Å². The number of hydrogen-bond acceptors (Lipinski definition) is 3. The van der Waals surface area contributed by atoms with Crippen molar-refractivity contribution in [1.29, 1.82) is 0 Å². The summed E-state index contributed by atoms with van der Waals surface area (Å²) in [5.41, 5.74) is 1.07. The third-order valence-corrected chi connectivity index (χ3v) is 5.89. The molecule has 1 aromatic rings. The van der Waals surface area contributed by atoms with Gasteiger partial charge in [-0.25, -0.2) is 8.42 Å². The molecule has 0 aliphatic carbocycles. The van der Waals surface area contributed by atoms with Gasteiger partial charge in [0.2, 0.25) is 10.0 Å². The van der Waals surface area contributed by atoms with E-state index in [0.29, 0.717) is 18.8 Å². The van der Waals surface area contributed by atoms with Crippen molar-refractivity contribution in [2.45, 2.75) is 19.4 Å². The average Bonchev–Trinajstić information content (AvgIpc) is 2.55. The van der Waals surface area contributed by atoms with Crippen LogP contribution in [0.4, 0.5) is 0 Å². The van der Waals surface area contributed by atoms with Gasteiger partial charge >= 0.3 is 0 Å². The van der Waals surface area contributed by atoms with Crippen LogP contribution in [0.2, 0.25) is 0 Å². The Bertz CT molecular complexity index is 441. The maximum absolute atomic E-state index is 11.7. The maximum atomic E-state index is 11.7. The van der Waals surface area contributed by atoms with Crippen LogP contribution in [0.25, 0.3) is 0 Å². The number of nitrogens with zero attached hydrogens (tertiary/aromatic N) is 1. The van der Waals surface area contributed by atoms with Crippen molar-refractivity contribution in [2.75, 3.05) is 12.3 Å². The molecule has 0 bridgehead atoms. The van der Waals surface area contributed by atoms with Gasteiger partial charge < -0.3 is 0 Å². The highest BCUT2D eigenvalue weighted by Crippen LogP contribution is 2.24. The summed E-state index contributed by atoms with van der Waals surface area (Å²) in [7, 11) is -2.99. The number of sulfonamides is 1. The summed E-state index contributed by atoms with van der Waals surface area (Å²) in [5, 5.41) is 1.99. The first-order chi connectivity index (χ1) is 7.08. The first-order valence-electron chi connectivity index (χ1n) is 4.79. The van der Waals surface area contributed by atoms with E-state index in [-0.39, 0.29) is 0 Å². The molecule has 0 amide bonds. The van der Waals surface area contributed by atoms with E-state index < -0.39 is 10.0 Å². The lowest BCUT2D eigenvalue weighted by molar-refractivity contribution is 0.379. The topological polar surface area (TPSA) is 37.4 Å². The first-order valence-corrected chi connectivity index (χ1v) is 8.07. The van der Waals surface area contributed by atoms with Crippen molar-refractivity contribution in [3.63, 3.8) is 0 Å². The Morgan fingerprint density at radius 2 is 2.27 bits per heavy atom.